The van der Waals surface area contributed by atoms with Crippen LogP contribution >= 0.6 is 15.9 Å². The summed E-state index contributed by atoms with van der Waals surface area (Å²) in [5.41, 5.74) is 2.71. The summed E-state index contributed by atoms with van der Waals surface area (Å²) in [4.78, 5) is 29.4. The van der Waals surface area contributed by atoms with E-state index in [2.05, 4.69) is 45.5 Å². The summed E-state index contributed by atoms with van der Waals surface area (Å²) in [6, 6.07) is 31.7. The number of aryl methyl sites for hydroxylation is 1. The van der Waals surface area contributed by atoms with Crippen molar-refractivity contribution < 1.29 is 9.59 Å². The molecule has 4 nitrogen and oxygen atoms in total. The van der Waals surface area contributed by atoms with Crippen LogP contribution in [0.3, 0.4) is 0 Å². The molecule has 0 saturated heterocycles. The molecule has 4 aromatic rings. The lowest BCUT2D eigenvalue weighted by Crippen LogP contribution is -2.54. The molecule has 0 aliphatic rings. The zero-order valence-electron chi connectivity index (χ0n) is 22.3. The number of amides is 2. The first kappa shape index (κ1) is 27.6. The van der Waals surface area contributed by atoms with Crippen LogP contribution in [-0.4, -0.2) is 28.3 Å². The van der Waals surface area contributed by atoms with Gasteiger partial charge in [-0.3, -0.25) is 9.59 Å². The molecule has 196 valence electrons. The first-order chi connectivity index (χ1) is 18.2. The van der Waals surface area contributed by atoms with Crippen molar-refractivity contribution in [2.45, 2.75) is 58.2 Å². The third kappa shape index (κ3) is 7.55. The summed E-state index contributed by atoms with van der Waals surface area (Å²) in [7, 11) is 0. The number of carbonyl (C=O) groups is 2. The number of rotatable bonds is 9. The average Bonchev–Trinajstić information content (AvgIpc) is 2.89. The molecular weight excluding hydrogens is 536 g/mol. The number of nitrogens with zero attached hydrogens (tertiary/aromatic N) is 1. The summed E-state index contributed by atoms with van der Waals surface area (Å²) >= 11 is 3.55. The van der Waals surface area contributed by atoms with Gasteiger partial charge in [0.25, 0.3) is 0 Å². The summed E-state index contributed by atoms with van der Waals surface area (Å²) in [6.07, 6.45) is 1.36. The molecule has 0 aliphatic carbocycles. The maximum Gasteiger partial charge on any atom is 0.243 e. The van der Waals surface area contributed by atoms with Gasteiger partial charge in [0, 0.05) is 29.4 Å². The molecule has 0 heterocycles. The van der Waals surface area contributed by atoms with Gasteiger partial charge in [-0.15, -0.1) is 0 Å². The van der Waals surface area contributed by atoms with Gasteiger partial charge < -0.3 is 10.2 Å². The van der Waals surface area contributed by atoms with E-state index >= 15 is 0 Å². The van der Waals surface area contributed by atoms with Gasteiger partial charge in [0.05, 0.1) is 0 Å². The van der Waals surface area contributed by atoms with Crippen molar-refractivity contribution in [3.8, 4) is 0 Å². The summed E-state index contributed by atoms with van der Waals surface area (Å²) in [5, 5.41) is 5.45. The zero-order valence-corrected chi connectivity index (χ0v) is 23.9. The van der Waals surface area contributed by atoms with Crippen LogP contribution in [0.5, 0.6) is 0 Å². The van der Waals surface area contributed by atoms with Crippen LogP contribution in [0.1, 0.15) is 43.9 Å². The number of fused-ring (bicyclic) bond motifs is 1. The van der Waals surface area contributed by atoms with Crippen molar-refractivity contribution in [1.82, 2.24) is 10.2 Å². The fraction of sp³-hybridized carbons (Fsp3) is 0.273. The van der Waals surface area contributed by atoms with Crippen LogP contribution in [0.15, 0.2) is 102 Å². The van der Waals surface area contributed by atoms with Gasteiger partial charge in [-0.25, -0.2) is 0 Å². The number of benzene rings is 4. The third-order valence-corrected chi connectivity index (χ3v) is 6.99. The molecule has 38 heavy (non-hydrogen) atoms. The third-order valence-electron chi connectivity index (χ3n) is 6.50. The Morgan fingerprint density at radius 2 is 1.50 bits per heavy atom. The lowest BCUT2D eigenvalue weighted by Gasteiger charge is -2.34. The molecule has 4 rings (SSSR count). The molecule has 1 atom stereocenters. The maximum atomic E-state index is 14.0. The van der Waals surface area contributed by atoms with Gasteiger partial charge in [-0.1, -0.05) is 101 Å². The monoisotopic (exact) mass is 570 g/mol. The lowest BCUT2D eigenvalue weighted by molar-refractivity contribution is -0.141. The molecule has 0 aliphatic heterocycles. The zero-order chi connectivity index (χ0) is 27.1. The van der Waals surface area contributed by atoms with Gasteiger partial charge in [0.2, 0.25) is 11.8 Å². The molecule has 0 fully saturated rings. The topological polar surface area (TPSA) is 49.4 Å². The minimum Gasteiger partial charge on any atom is -0.350 e. The molecule has 0 saturated carbocycles. The van der Waals surface area contributed by atoms with E-state index in [1.807, 2.05) is 93.6 Å². The molecular formula is C33H35BrN2O2. The first-order valence-electron chi connectivity index (χ1n) is 13.1. The first-order valence-corrected chi connectivity index (χ1v) is 13.9. The highest BCUT2D eigenvalue weighted by atomic mass is 79.9. The van der Waals surface area contributed by atoms with E-state index in [0.29, 0.717) is 25.8 Å². The van der Waals surface area contributed by atoms with Crippen LogP contribution in [0.2, 0.25) is 0 Å². The molecule has 2 amide bonds. The lowest BCUT2D eigenvalue weighted by atomic mass is 9.98. The van der Waals surface area contributed by atoms with Crippen molar-refractivity contribution in [1.29, 1.82) is 0 Å². The van der Waals surface area contributed by atoms with Crippen molar-refractivity contribution in [2.75, 3.05) is 0 Å². The van der Waals surface area contributed by atoms with Crippen LogP contribution in [-0.2, 0) is 29.0 Å². The molecule has 0 unspecified atom stereocenters. The molecule has 5 heteroatoms. The predicted octanol–water partition coefficient (Wildman–Crippen LogP) is 7.09. The highest BCUT2D eigenvalue weighted by molar-refractivity contribution is 9.10. The Labute approximate surface area is 234 Å². The number of halogens is 1. The van der Waals surface area contributed by atoms with Gasteiger partial charge in [-0.2, -0.15) is 0 Å². The highest BCUT2D eigenvalue weighted by Gasteiger charge is 2.32. The molecule has 0 bridgehead atoms. The van der Waals surface area contributed by atoms with Crippen LogP contribution in [0, 0.1) is 0 Å². The van der Waals surface area contributed by atoms with Crippen molar-refractivity contribution in [3.05, 3.63) is 118 Å². The van der Waals surface area contributed by atoms with E-state index in [9.17, 15) is 9.59 Å². The molecule has 1 N–H and O–H groups in total. The van der Waals surface area contributed by atoms with Crippen molar-refractivity contribution in [3.63, 3.8) is 0 Å². The minimum atomic E-state index is -0.643. The Morgan fingerprint density at radius 3 is 2.24 bits per heavy atom. The molecule has 0 radical (unpaired) electrons. The normalized spacial score (nSPS) is 12.2. The van der Waals surface area contributed by atoms with E-state index in [-0.39, 0.29) is 11.8 Å². The Kier molecular flexibility index (Phi) is 9.01. The van der Waals surface area contributed by atoms with Crippen molar-refractivity contribution >= 4 is 38.5 Å². The smallest absolute Gasteiger partial charge is 0.243 e. The van der Waals surface area contributed by atoms with Gasteiger partial charge in [0.15, 0.2) is 0 Å². The molecule has 0 aromatic heterocycles. The van der Waals surface area contributed by atoms with Gasteiger partial charge in [0.1, 0.15) is 6.04 Å². The fourth-order valence-electron chi connectivity index (χ4n) is 4.73. The molecule has 0 spiro atoms. The summed E-state index contributed by atoms with van der Waals surface area (Å²) in [5.74, 6) is -0.183. The largest absolute Gasteiger partial charge is 0.350 e. The SMILES string of the molecule is CC(C)(C)NC(=O)[C@@H](Cc1ccccc1)N(Cc1cccc(Br)c1)C(=O)CCc1cccc2ccccc12. The van der Waals surface area contributed by atoms with Crippen LogP contribution in [0.25, 0.3) is 10.8 Å². The van der Waals surface area contributed by atoms with E-state index in [1.165, 1.54) is 0 Å². The predicted molar refractivity (Wildman–Crippen MR) is 159 cm³/mol. The van der Waals surface area contributed by atoms with Crippen LogP contribution < -0.4 is 5.32 Å². The van der Waals surface area contributed by atoms with E-state index in [1.54, 1.807) is 4.90 Å². The fourth-order valence-corrected chi connectivity index (χ4v) is 5.18. The Hall–Kier alpha value is -3.44. The minimum absolute atomic E-state index is 0.0390. The summed E-state index contributed by atoms with van der Waals surface area (Å²) < 4.78 is 0.942. The Bertz CT molecular complexity index is 1390. The average molecular weight is 572 g/mol. The van der Waals surface area contributed by atoms with Gasteiger partial charge in [-0.05, 0) is 66.8 Å². The van der Waals surface area contributed by atoms with Crippen LogP contribution in [0.4, 0.5) is 0 Å². The van der Waals surface area contributed by atoms with Gasteiger partial charge >= 0.3 is 0 Å². The van der Waals surface area contributed by atoms with E-state index < -0.39 is 11.6 Å². The summed E-state index contributed by atoms with van der Waals surface area (Å²) in [6.45, 7) is 6.24. The van der Waals surface area contributed by atoms with E-state index in [4.69, 9.17) is 0 Å². The standard InChI is InChI=1S/C33H35BrN2O2/c1-33(2,3)35-32(38)30(22-24-11-5-4-6-12-24)36(23-25-13-9-17-28(34)21-25)31(37)20-19-27-16-10-15-26-14-7-8-18-29(26)27/h4-18,21,30H,19-20,22-23H2,1-3H3,(H,35,38)/t30-/m1/s1. The Morgan fingerprint density at radius 1 is 0.842 bits per heavy atom. The van der Waals surface area contributed by atoms with E-state index in [0.717, 1.165) is 31.9 Å². The molecule has 4 aromatic carbocycles. The second-order valence-corrected chi connectivity index (χ2v) is 11.7. The highest BCUT2D eigenvalue weighted by Crippen LogP contribution is 2.23. The quantitative estimate of drug-likeness (QED) is 0.233. The Balaban J connectivity index is 1.66. The number of nitrogens with one attached hydrogen (secondary N) is 1. The maximum absolute atomic E-state index is 14.0. The number of carbonyl (C=O) groups excluding carboxylic acids is 2. The van der Waals surface area contributed by atoms with Crippen molar-refractivity contribution in [2.24, 2.45) is 0 Å². The second-order valence-electron chi connectivity index (χ2n) is 10.7. The number of hydrogen-bond donors (Lipinski definition) is 1. The number of hydrogen-bond acceptors (Lipinski definition) is 2. The second kappa shape index (κ2) is 12.4.